The zero-order valence-corrected chi connectivity index (χ0v) is 15.1. The molecule has 122 valence electrons. The summed E-state index contributed by atoms with van der Waals surface area (Å²) in [6, 6.07) is 6.89. The summed E-state index contributed by atoms with van der Waals surface area (Å²) in [5, 5.41) is 14.3. The van der Waals surface area contributed by atoms with Crippen LogP contribution in [-0.2, 0) is 16.0 Å². The lowest BCUT2D eigenvalue weighted by Crippen LogP contribution is -2.44. The molecule has 1 amide bonds. The Hall–Kier alpha value is -1.73. The van der Waals surface area contributed by atoms with Crippen LogP contribution in [0.15, 0.2) is 34.1 Å². The first kappa shape index (κ1) is 17.6. The van der Waals surface area contributed by atoms with Crippen LogP contribution in [0.3, 0.4) is 0 Å². The molecule has 0 aliphatic heterocycles. The Kier molecular flexibility index (Phi) is 5.90. The molecule has 0 radical (unpaired) electrons. The second-order valence-electron chi connectivity index (χ2n) is 5.46. The summed E-state index contributed by atoms with van der Waals surface area (Å²) in [7, 11) is 0. The number of thiazole rings is 1. The first-order chi connectivity index (χ1) is 10.9. The molecule has 5 nitrogen and oxygen atoms in total. The molecule has 7 heteroatoms. The molecule has 1 atom stereocenters. The van der Waals surface area contributed by atoms with Crippen LogP contribution in [-0.4, -0.2) is 28.0 Å². The van der Waals surface area contributed by atoms with Crippen molar-refractivity contribution in [1.82, 2.24) is 10.3 Å². The Balaban J connectivity index is 2.04. The average Bonchev–Trinajstić information content (AvgIpc) is 2.92. The zero-order valence-electron chi connectivity index (χ0n) is 12.7. The van der Waals surface area contributed by atoms with Crippen molar-refractivity contribution in [1.29, 1.82) is 0 Å². The molecule has 0 fully saturated rings. The molecule has 23 heavy (non-hydrogen) atoms. The van der Waals surface area contributed by atoms with E-state index in [1.54, 1.807) is 13.8 Å². The van der Waals surface area contributed by atoms with Crippen LogP contribution in [0.1, 0.15) is 19.5 Å². The number of carbonyl (C=O) groups excluding carboxylic acids is 1. The van der Waals surface area contributed by atoms with E-state index >= 15 is 0 Å². The van der Waals surface area contributed by atoms with E-state index in [1.807, 2.05) is 29.6 Å². The fourth-order valence-corrected chi connectivity index (χ4v) is 3.26. The number of halogens is 1. The highest BCUT2D eigenvalue weighted by atomic mass is 79.9. The summed E-state index contributed by atoms with van der Waals surface area (Å²) in [6.45, 7) is 3.51. The maximum atomic E-state index is 12.0. The Morgan fingerprint density at radius 3 is 2.74 bits per heavy atom. The van der Waals surface area contributed by atoms with Gasteiger partial charge in [-0.05, 0) is 18.1 Å². The lowest BCUT2D eigenvalue weighted by Gasteiger charge is -2.17. The molecule has 0 bridgehead atoms. The number of amides is 1. The Morgan fingerprint density at radius 1 is 1.39 bits per heavy atom. The number of hydrogen-bond acceptors (Lipinski definition) is 4. The van der Waals surface area contributed by atoms with Crippen molar-refractivity contribution >= 4 is 39.1 Å². The molecule has 0 aliphatic rings. The molecule has 2 aromatic rings. The SMILES string of the molecule is CC(C)[C@H](NC(=O)Cc1csc(-c2cccc(Br)c2)n1)C(=O)O. The van der Waals surface area contributed by atoms with E-state index in [-0.39, 0.29) is 18.2 Å². The number of aromatic nitrogens is 1. The van der Waals surface area contributed by atoms with E-state index in [9.17, 15) is 9.59 Å². The number of aliphatic carboxylic acids is 1. The van der Waals surface area contributed by atoms with Crippen molar-refractivity contribution in [3.63, 3.8) is 0 Å². The zero-order chi connectivity index (χ0) is 17.0. The van der Waals surface area contributed by atoms with Gasteiger partial charge in [-0.3, -0.25) is 4.79 Å². The third-order valence-electron chi connectivity index (χ3n) is 3.21. The van der Waals surface area contributed by atoms with Crippen LogP contribution in [0, 0.1) is 5.92 Å². The van der Waals surface area contributed by atoms with Crippen molar-refractivity contribution in [2.24, 2.45) is 5.92 Å². The van der Waals surface area contributed by atoms with Crippen LogP contribution in [0.4, 0.5) is 0 Å². The van der Waals surface area contributed by atoms with E-state index in [0.29, 0.717) is 5.69 Å². The van der Waals surface area contributed by atoms with Gasteiger partial charge < -0.3 is 10.4 Å². The molecule has 2 N–H and O–H groups in total. The molecular weight excluding hydrogens is 380 g/mol. The van der Waals surface area contributed by atoms with Gasteiger partial charge in [-0.15, -0.1) is 11.3 Å². The van der Waals surface area contributed by atoms with Gasteiger partial charge in [-0.2, -0.15) is 0 Å². The van der Waals surface area contributed by atoms with E-state index in [1.165, 1.54) is 11.3 Å². The number of nitrogens with zero attached hydrogens (tertiary/aromatic N) is 1. The fraction of sp³-hybridized carbons (Fsp3) is 0.312. The molecule has 1 heterocycles. The first-order valence-corrected chi connectivity index (χ1v) is 8.76. The monoisotopic (exact) mass is 396 g/mol. The summed E-state index contributed by atoms with van der Waals surface area (Å²) in [4.78, 5) is 27.6. The van der Waals surface area contributed by atoms with Crippen molar-refractivity contribution < 1.29 is 14.7 Å². The predicted octanol–water partition coefficient (Wildman–Crippen LogP) is 3.34. The van der Waals surface area contributed by atoms with Gasteiger partial charge in [0, 0.05) is 15.4 Å². The van der Waals surface area contributed by atoms with Crippen molar-refractivity contribution in [3.05, 3.63) is 39.8 Å². The number of benzene rings is 1. The van der Waals surface area contributed by atoms with E-state index in [4.69, 9.17) is 5.11 Å². The number of carboxylic acids is 1. The minimum atomic E-state index is -1.03. The van der Waals surface area contributed by atoms with E-state index in [2.05, 4.69) is 26.2 Å². The number of nitrogens with one attached hydrogen (secondary N) is 1. The molecule has 2 rings (SSSR count). The van der Waals surface area contributed by atoms with Gasteiger partial charge in [0.15, 0.2) is 0 Å². The topological polar surface area (TPSA) is 79.3 Å². The van der Waals surface area contributed by atoms with Gasteiger partial charge in [-0.1, -0.05) is 41.9 Å². The highest BCUT2D eigenvalue weighted by Gasteiger charge is 2.23. The normalized spacial score (nSPS) is 12.2. The number of carboxylic acid groups (broad SMARTS) is 1. The average molecular weight is 397 g/mol. The maximum Gasteiger partial charge on any atom is 0.326 e. The Bertz CT molecular complexity index is 715. The van der Waals surface area contributed by atoms with Crippen LogP contribution in [0.2, 0.25) is 0 Å². The van der Waals surface area contributed by atoms with E-state index in [0.717, 1.165) is 15.0 Å². The third-order valence-corrected chi connectivity index (χ3v) is 4.65. The molecular formula is C16H17BrN2O3S. The molecule has 1 aromatic carbocycles. The van der Waals surface area contributed by atoms with Gasteiger partial charge in [-0.25, -0.2) is 9.78 Å². The highest BCUT2D eigenvalue weighted by molar-refractivity contribution is 9.10. The molecule has 0 saturated carbocycles. The van der Waals surface area contributed by atoms with Gasteiger partial charge in [0.2, 0.25) is 5.91 Å². The van der Waals surface area contributed by atoms with Gasteiger partial charge in [0.1, 0.15) is 11.0 Å². The van der Waals surface area contributed by atoms with Crippen LogP contribution < -0.4 is 5.32 Å². The molecule has 0 spiro atoms. The van der Waals surface area contributed by atoms with Gasteiger partial charge >= 0.3 is 5.97 Å². The maximum absolute atomic E-state index is 12.0. The summed E-state index contributed by atoms with van der Waals surface area (Å²) >= 11 is 4.87. The number of hydrogen-bond donors (Lipinski definition) is 2. The lowest BCUT2D eigenvalue weighted by atomic mass is 10.0. The van der Waals surface area contributed by atoms with Crippen molar-refractivity contribution in [3.8, 4) is 10.6 Å². The standard InChI is InChI=1S/C16H17BrN2O3S/c1-9(2)14(16(21)22)19-13(20)7-12-8-23-15(18-12)10-4-3-5-11(17)6-10/h3-6,8-9,14H,7H2,1-2H3,(H,19,20)(H,21,22)/t14-/m0/s1. The van der Waals surface area contributed by atoms with Crippen LogP contribution in [0.25, 0.3) is 10.6 Å². The summed E-state index contributed by atoms with van der Waals surface area (Å²) in [6.07, 6.45) is 0.0704. The number of carbonyl (C=O) groups is 2. The summed E-state index contributed by atoms with van der Waals surface area (Å²) in [5.74, 6) is -1.54. The van der Waals surface area contributed by atoms with Gasteiger partial charge in [0.05, 0.1) is 12.1 Å². The minimum absolute atomic E-state index is 0.0704. The largest absolute Gasteiger partial charge is 0.480 e. The Labute approximate surface area is 146 Å². The second-order valence-corrected chi connectivity index (χ2v) is 7.23. The summed E-state index contributed by atoms with van der Waals surface area (Å²) in [5.41, 5.74) is 1.61. The smallest absolute Gasteiger partial charge is 0.326 e. The lowest BCUT2D eigenvalue weighted by molar-refractivity contribution is -0.143. The fourth-order valence-electron chi connectivity index (χ4n) is 2.04. The third kappa shape index (κ3) is 4.87. The Morgan fingerprint density at radius 2 is 2.13 bits per heavy atom. The number of rotatable bonds is 6. The van der Waals surface area contributed by atoms with Gasteiger partial charge in [0.25, 0.3) is 0 Å². The minimum Gasteiger partial charge on any atom is -0.480 e. The van der Waals surface area contributed by atoms with Crippen LogP contribution >= 0.6 is 27.3 Å². The second kappa shape index (κ2) is 7.70. The quantitative estimate of drug-likeness (QED) is 0.784. The molecule has 0 aliphatic carbocycles. The molecule has 1 aromatic heterocycles. The van der Waals surface area contributed by atoms with Crippen LogP contribution in [0.5, 0.6) is 0 Å². The van der Waals surface area contributed by atoms with Crippen molar-refractivity contribution in [2.75, 3.05) is 0 Å². The summed E-state index contributed by atoms with van der Waals surface area (Å²) < 4.78 is 0.964. The predicted molar refractivity (Wildman–Crippen MR) is 93.4 cm³/mol. The van der Waals surface area contributed by atoms with E-state index < -0.39 is 12.0 Å². The van der Waals surface area contributed by atoms with Crippen molar-refractivity contribution in [2.45, 2.75) is 26.3 Å². The molecule has 0 saturated heterocycles. The first-order valence-electron chi connectivity index (χ1n) is 7.09. The molecule has 0 unspecified atom stereocenters. The highest BCUT2D eigenvalue weighted by Crippen LogP contribution is 2.26.